The van der Waals surface area contributed by atoms with E-state index < -0.39 is 11.9 Å². The van der Waals surface area contributed by atoms with Gasteiger partial charge in [-0.25, -0.2) is 4.39 Å². The van der Waals surface area contributed by atoms with E-state index in [9.17, 15) is 14.3 Å². The van der Waals surface area contributed by atoms with Crippen molar-refractivity contribution in [2.45, 2.75) is 5.92 Å². The van der Waals surface area contributed by atoms with E-state index in [4.69, 9.17) is 0 Å². The molecule has 0 saturated carbocycles. The molecule has 0 aliphatic heterocycles. The van der Waals surface area contributed by atoms with Crippen LogP contribution in [0.25, 0.3) is 0 Å². The van der Waals surface area contributed by atoms with Gasteiger partial charge in [-0.15, -0.1) is 0 Å². The van der Waals surface area contributed by atoms with Crippen molar-refractivity contribution in [3.8, 4) is 0 Å². The molecule has 1 N–H and O–H groups in total. The quantitative estimate of drug-likeness (QED) is 0.879. The highest BCUT2D eigenvalue weighted by Crippen LogP contribution is 2.24. The van der Waals surface area contributed by atoms with Gasteiger partial charge in [-0.2, -0.15) is 0 Å². The van der Waals surface area contributed by atoms with Gasteiger partial charge in [0.1, 0.15) is 11.7 Å². The normalized spacial score (nSPS) is 12.1. The lowest BCUT2D eigenvalue weighted by Gasteiger charge is -2.12. The molecule has 86 valence electrons. The number of carboxylic acids is 1. The first-order chi connectivity index (χ1) is 8.18. The second-order valence-corrected chi connectivity index (χ2v) is 3.73. The van der Waals surface area contributed by atoms with Gasteiger partial charge in [-0.3, -0.25) is 4.79 Å². The number of carbonyl (C=O) groups is 1. The van der Waals surface area contributed by atoms with Crippen LogP contribution < -0.4 is 0 Å². The number of rotatable bonds is 3. The highest BCUT2D eigenvalue weighted by atomic mass is 19.1. The predicted molar refractivity (Wildman–Crippen MR) is 62.3 cm³/mol. The van der Waals surface area contributed by atoms with Crippen molar-refractivity contribution in [2.24, 2.45) is 0 Å². The Morgan fingerprint density at radius 1 is 0.941 bits per heavy atom. The number of carboxylic acid groups (broad SMARTS) is 1. The van der Waals surface area contributed by atoms with Crippen molar-refractivity contribution >= 4 is 5.97 Å². The summed E-state index contributed by atoms with van der Waals surface area (Å²) in [5.74, 6) is -2.06. The van der Waals surface area contributed by atoms with E-state index in [0.29, 0.717) is 11.1 Å². The summed E-state index contributed by atoms with van der Waals surface area (Å²) in [4.78, 5) is 11.3. The minimum atomic E-state index is -0.942. The zero-order valence-electron chi connectivity index (χ0n) is 9.01. The maximum Gasteiger partial charge on any atom is 0.315 e. The van der Waals surface area contributed by atoms with Gasteiger partial charge in [0.05, 0.1) is 0 Å². The topological polar surface area (TPSA) is 37.3 Å². The van der Waals surface area contributed by atoms with Crippen LogP contribution in [0.4, 0.5) is 4.39 Å². The molecule has 0 heterocycles. The first-order valence-corrected chi connectivity index (χ1v) is 5.21. The Hall–Kier alpha value is -2.16. The summed E-state index contributed by atoms with van der Waals surface area (Å²) < 4.78 is 12.8. The minimum absolute atomic E-state index is 0.369. The molecule has 0 unspecified atom stereocenters. The smallest absolute Gasteiger partial charge is 0.315 e. The highest BCUT2D eigenvalue weighted by molar-refractivity contribution is 5.80. The molecule has 17 heavy (non-hydrogen) atoms. The predicted octanol–water partition coefficient (Wildman–Crippen LogP) is 3.04. The van der Waals surface area contributed by atoms with Gasteiger partial charge in [-0.1, -0.05) is 42.5 Å². The van der Waals surface area contributed by atoms with Crippen LogP contribution in [0, 0.1) is 5.82 Å². The molecule has 1 atom stereocenters. The maximum absolute atomic E-state index is 12.8. The molecular formula is C14H11FO2. The summed E-state index contributed by atoms with van der Waals surface area (Å²) in [5, 5.41) is 9.26. The number of hydrogen-bond acceptors (Lipinski definition) is 1. The maximum atomic E-state index is 12.8. The van der Waals surface area contributed by atoms with Crippen molar-refractivity contribution in [3.05, 3.63) is 71.5 Å². The fourth-order valence-corrected chi connectivity index (χ4v) is 1.78. The first kappa shape index (κ1) is 11.3. The Kier molecular flexibility index (Phi) is 3.19. The van der Waals surface area contributed by atoms with Crippen LogP contribution in [0.5, 0.6) is 0 Å². The van der Waals surface area contributed by atoms with Gasteiger partial charge < -0.3 is 5.11 Å². The fourth-order valence-electron chi connectivity index (χ4n) is 1.78. The number of halogens is 1. The van der Waals surface area contributed by atoms with Crippen LogP contribution in [-0.2, 0) is 4.79 Å². The zero-order valence-corrected chi connectivity index (χ0v) is 9.01. The molecular weight excluding hydrogens is 219 g/mol. The Balaban J connectivity index is 2.43. The van der Waals surface area contributed by atoms with Crippen LogP contribution in [0.1, 0.15) is 17.0 Å². The lowest BCUT2D eigenvalue weighted by atomic mass is 9.91. The minimum Gasteiger partial charge on any atom is -0.481 e. The Bertz CT molecular complexity index is 506. The summed E-state index contributed by atoms with van der Waals surface area (Å²) in [6, 6.07) is 14.5. The summed E-state index contributed by atoms with van der Waals surface area (Å²) in [6.07, 6.45) is 0. The SMILES string of the molecule is O=C(O)[C@@H](c1ccccc1)c1ccc(F)cc1. The van der Waals surface area contributed by atoms with Gasteiger partial charge in [0.25, 0.3) is 0 Å². The summed E-state index contributed by atoms with van der Waals surface area (Å²) in [6.45, 7) is 0. The standard InChI is InChI=1S/C14H11FO2/c15-12-8-6-11(7-9-12)13(14(16)17)10-4-2-1-3-5-10/h1-9,13H,(H,16,17)/t13-/m0/s1. The number of aliphatic carboxylic acids is 1. The molecule has 0 fully saturated rings. The number of benzene rings is 2. The van der Waals surface area contributed by atoms with E-state index in [0.717, 1.165) is 0 Å². The molecule has 0 radical (unpaired) electrons. The van der Waals surface area contributed by atoms with Crippen LogP contribution >= 0.6 is 0 Å². The van der Waals surface area contributed by atoms with Gasteiger partial charge in [0.2, 0.25) is 0 Å². The largest absolute Gasteiger partial charge is 0.481 e. The lowest BCUT2D eigenvalue weighted by Crippen LogP contribution is -2.12. The monoisotopic (exact) mass is 230 g/mol. The van der Waals surface area contributed by atoms with Crippen molar-refractivity contribution in [2.75, 3.05) is 0 Å². The molecule has 3 heteroatoms. The van der Waals surface area contributed by atoms with Gasteiger partial charge in [0, 0.05) is 0 Å². The second kappa shape index (κ2) is 4.78. The van der Waals surface area contributed by atoms with Gasteiger partial charge >= 0.3 is 5.97 Å². The van der Waals surface area contributed by atoms with Gasteiger partial charge in [0.15, 0.2) is 0 Å². The molecule has 0 aromatic heterocycles. The zero-order chi connectivity index (χ0) is 12.3. The lowest BCUT2D eigenvalue weighted by molar-refractivity contribution is -0.137. The third-order valence-electron chi connectivity index (χ3n) is 2.58. The summed E-state index contributed by atoms with van der Waals surface area (Å²) in [5.41, 5.74) is 1.26. The molecule has 2 aromatic carbocycles. The van der Waals surface area contributed by atoms with Crippen molar-refractivity contribution < 1.29 is 14.3 Å². The Labute approximate surface area is 98.3 Å². The molecule has 2 aromatic rings. The van der Waals surface area contributed by atoms with Gasteiger partial charge in [-0.05, 0) is 23.3 Å². The molecule has 2 nitrogen and oxygen atoms in total. The Morgan fingerprint density at radius 3 is 2.00 bits per heavy atom. The van der Waals surface area contributed by atoms with E-state index in [1.54, 1.807) is 24.3 Å². The Morgan fingerprint density at radius 2 is 1.47 bits per heavy atom. The van der Waals surface area contributed by atoms with Crippen LogP contribution in [0.15, 0.2) is 54.6 Å². The van der Waals surface area contributed by atoms with E-state index in [-0.39, 0.29) is 5.82 Å². The average molecular weight is 230 g/mol. The third kappa shape index (κ3) is 2.50. The molecule has 2 rings (SSSR count). The molecule has 0 spiro atoms. The van der Waals surface area contributed by atoms with Crippen molar-refractivity contribution in [3.63, 3.8) is 0 Å². The summed E-state index contributed by atoms with van der Waals surface area (Å²) in [7, 11) is 0. The average Bonchev–Trinajstić information content (AvgIpc) is 2.33. The van der Waals surface area contributed by atoms with Crippen LogP contribution in [0.3, 0.4) is 0 Å². The first-order valence-electron chi connectivity index (χ1n) is 5.21. The fraction of sp³-hybridized carbons (Fsp3) is 0.0714. The van der Waals surface area contributed by atoms with E-state index in [1.807, 2.05) is 6.07 Å². The molecule has 0 bridgehead atoms. The number of hydrogen-bond donors (Lipinski definition) is 1. The summed E-state index contributed by atoms with van der Waals surface area (Å²) >= 11 is 0. The molecule has 0 aliphatic carbocycles. The van der Waals surface area contributed by atoms with E-state index in [1.165, 1.54) is 24.3 Å². The third-order valence-corrected chi connectivity index (χ3v) is 2.58. The highest BCUT2D eigenvalue weighted by Gasteiger charge is 2.21. The van der Waals surface area contributed by atoms with Crippen LogP contribution in [-0.4, -0.2) is 11.1 Å². The van der Waals surface area contributed by atoms with Crippen molar-refractivity contribution in [1.82, 2.24) is 0 Å². The van der Waals surface area contributed by atoms with E-state index >= 15 is 0 Å². The molecule has 0 amide bonds. The van der Waals surface area contributed by atoms with E-state index in [2.05, 4.69) is 0 Å². The van der Waals surface area contributed by atoms with Crippen LogP contribution in [0.2, 0.25) is 0 Å². The second-order valence-electron chi connectivity index (χ2n) is 3.73. The van der Waals surface area contributed by atoms with Crippen molar-refractivity contribution in [1.29, 1.82) is 0 Å². The molecule has 0 saturated heterocycles. The molecule has 0 aliphatic rings.